The largest absolute Gasteiger partial charge is 0.467 e. The van der Waals surface area contributed by atoms with Crippen molar-refractivity contribution < 1.29 is 23.9 Å². The van der Waals surface area contributed by atoms with Crippen molar-refractivity contribution in [3.8, 4) is 0 Å². The Bertz CT molecular complexity index is 689. The van der Waals surface area contributed by atoms with Gasteiger partial charge in [0.2, 0.25) is 5.91 Å². The van der Waals surface area contributed by atoms with Gasteiger partial charge in [0, 0.05) is 18.0 Å². The van der Waals surface area contributed by atoms with E-state index in [1.165, 1.54) is 13.3 Å². The predicted octanol–water partition coefficient (Wildman–Crippen LogP) is 2.67. The Labute approximate surface area is 160 Å². The molecule has 1 unspecified atom stereocenters. The summed E-state index contributed by atoms with van der Waals surface area (Å²) in [6.45, 7) is 10.5. The molecule has 150 valence electrons. The van der Waals surface area contributed by atoms with Crippen molar-refractivity contribution in [3.05, 3.63) is 23.9 Å². The summed E-state index contributed by atoms with van der Waals surface area (Å²) >= 11 is 0. The summed E-state index contributed by atoms with van der Waals surface area (Å²) < 4.78 is 9.97. The van der Waals surface area contributed by atoms with Gasteiger partial charge < -0.3 is 20.1 Å². The molecule has 0 radical (unpaired) electrons. The third-order valence-electron chi connectivity index (χ3n) is 3.41. The fraction of sp³-hybridized carbons (Fsp3) is 0.579. The molecule has 27 heavy (non-hydrogen) atoms. The lowest BCUT2D eigenvalue weighted by atomic mass is 9.95. The smallest absolute Gasteiger partial charge is 0.408 e. The van der Waals surface area contributed by atoms with E-state index in [0.29, 0.717) is 11.4 Å². The Balaban J connectivity index is 3.01. The van der Waals surface area contributed by atoms with E-state index in [9.17, 15) is 14.4 Å². The van der Waals surface area contributed by atoms with Gasteiger partial charge in [0.1, 0.15) is 17.5 Å². The predicted molar refractivity (Wildman–Crippen MR) is 101 cm³/mol. The maximum atomic E-state index is 12.3. The number of aromatic nitrogens is 1. The van der Waals surface area contributed by atoms with E-state index in [4.69, 9.17) is 9.47 Å². The van der Waals surface area contributed by atoms with Gasteiger partial charge in [-0.2, -0.15) is 0 Å². The topological polar surface area (TPSA) is 107 Å². The highest BCUT2D eigenvalue weighted by atomic mass is 16.6. The Morgan fingerprint density at radius 1 is 1.15 bits per heavy atom. The molecule has 2 amide bonds. The minimum atomic E-state index is -0.987. The highest BCUT2D eigenvalue weighted by Gasteiger charge is 2.27. The Kier molecular flexibility index (Phi) is 7.33. The van der Waals surface area contributed by atoms with Crippen LogP contribution in [0.25, 0.3) is 0 Å². The van der Waals surface area contributed by atoms with Crippen LogP contribution in [0.3, 0.4) is 0 Å². The molecule has 0 bridgehead atoms. The van der Waals surface area contributed by atoms with Crippen molar-refractivity contribution in [1.82, 2.24) is 10.3 Å². The second-order valence-corrected chi connectivity index (χ2v) is 8.14. The highest BCUT2D eigenvalue weighted by molar-refractivity contribution is 5.94. The minimum absolute atomic E-state index is 0.0828. The number of hydrogen-bond acceptors (Lipinski definition) is 6. The SMILES string of the molecule is COC(=O)C(Cc1cccnc1NC(=O)C(C)(C)C)NC(=O)OC(C)(C)C. The van der Waals surface area contributed by atoms with E-state index in [2.05, 4.69) is 15.6 Å². The zero-order valence-electron chi connectivity index (χ0n) is 17.0. The summed E-state index contributed by atoms with van der Waals surface area (Å²) in [5.74, 6) is -0.507. The van der Waals surface area contributed by atoms with Crippen LogP contribution >= 0.6 is 0 Å². The number of carbonyl (C=O) groups excluding carboxylic acids is 3. The monoisotopic (exact) mass is 379 g/mol. The summed E-state index contributed by atoms with van der Waals surface area (Å²) in [6.07, 6.45) is 0.887. The average Bonchev–Trinajstić information content (AvgIpc) is 2.52. The lowest BCUT2D eigenvalue weighted by Gasteiger charge is -2.23. The summed E-state index contributed by atoms with van der Waals surface area (Å²) in [5.41, 5.74) is -0.725. The molecule has 0 aliphatic carbocycles. The van der Waals surface area contributed by atoms with Crippen LogP contribution in [0.1, 0.15) is 47.1 Å². The van der Waals surface area contributed by atoms with E-state index in [1.807, 2.05) is 0 Å². The maximum absolute atomic E-state index is 12.3. The van der Waals surface area contributed by atoms with Gasteiger partial charge in [-0.25, -0.2) is 14.6 Å². The van der Waals surface area contributed by atoms with E-state index in [0.717, 1.165) is 0 Å². The van der Waals surface area contributed by atoms with E-state index < -0.39 is 29.1 Å². The van der Waals surface area contributed by atoms with Gasteiger partial charge in [-0.05, 0) is 32.4 Å². The lowest BCUT2D eigenvalue weighted by molar-refractivity contribution is -0.143. The number of esters is 1. The molecule has 2 N–H and O–H groups in total. The zero-order valence-corrected chi connectivity index (χ0v) is 17.0. The molecule has 8 nitrogen and oxygen atoms in total. The van der Waals surface area contributed by atoms with Crippen LogP contribution in [0.4, 0.5) is 10.6 Å². The van der Waals surface area contributed by atoms with Crippen molar-refractivity contribution in [2.24, 2.45) is 5.41 Å². The van der Waals surface area contributed by atoms with E-state index >= 15 is 0 Å². The number of alkyl carbamates (subject to hydrolysis) is 1. The second-order valence-electron chi connectivity index (χ2n) is 8.14. The van der Waals surface area contributed by atoms with Crippen molar-refractivity contribution in [3.63, 3.8) is 0 Å². The molecule has 0 aliphatic heterocycles. The molecule has 0 saturated heterocycles. The van der Waals surface area contributed by atoms with Crippen molar-refractivity contribution >= 4 is 23.8 Å². The Hall–Kier alpha value is -2.64. The number of anilines is 1. The average molecular weight is 379 g/mol. The van der Waals surface area contributed by atoms with Crippen LogP contribution in [0.2, 0.25) is 0 Å². The second kappa shape index (κ2) is 8.83. The number of methoxy groups -OCH3 is 1. The van der Waals surface area contributed by atoms with Crippen LogP contribution < -0.4 is 10.6 Å². The first-order valence-corrected chi connectivity index (χ1v) is 8.66. The van der Waals surface area contributed by atoms with Crippen LogP contribution in [0.15, 0.2) is 18.3 Å². The molecular weight excluding hydrogens is 350 g/mol. The third kappa shape index (κ3) is 7.64. The highest BCUT2D eigenvalue weighted by Crippen LogP contribution is 2.20. The molecule has 0 aliphatic rings. The molecule has 1 rings (SSSR count). The van der Waals surface area contributed by atoms with Crippen LogP contribution in [-0.4, -0.2) is 41.7 Å². The molecule has 8 heteroatoms. The number of ether oxygens (including phenoxy) is 2. The molecule has 1 aromatic rings. The lowest BCUT2D eigenvalue weighted by Crippen LogP contribution is -2.45. The van der Waals surface area contributed by atoms with Gasteiger partial charge in [0.25, 0.3) is 0 Å². The molecule has 1 heterocycles. The van der Waals surface area contributed by atoms with Gasteiger partial charge in [-0.1, -0.05) is 26.8 Å². The zero-order chi connectivity index (χ0) is 20.8. The molecule has 1 atom stereocenters. The fourth-order valence-corrected chi connectivity index (χ4v) is 2.02. The summed E-state index contributed by atoms with van der Waals surface area (Å²) in [7, 11) is 1.23. The van der Waals surface area contributed by atoms with Crippen molar-refractivity contribution in [2.75, 3.05) is 12.4 Å². The number of pyridine rings is 1. The maximum Gasteiger partial charge on any atom is 0.408 e. The van der Waals surface area contributed by atoms with Crippen LogP contribution in [0, 0.1) is 5.41 Å². The van der Waals surface area contributed by atoms with Gasteiger partial charge in [0.05, 0.1) is 7.11 Å². The van der Waals surface area contributed by atoms with E-state index in [1.54, 1.807) is 53.7 Å². The number of rotatable bonds is 5. The standard InChI is InChI=1S/C19H29N3O5/c1-18(2,3)16(24)22-14-12(9-8-10-20-14)11-13(15(23)26-7)21-17(25)27-19(4,5)6/h8-10,13H,11H2,1-7H3,(H,21,25)(H,20,22,24). The summed E-state index contributed by atoms with van der Waals surface area (Å²) in [4.78, 5) is 40.6. The molecule has 0 spiro atoms. The van der Waals surface area contributed by atoms with Crippen molar-refractivity contribution in [1.29, 1.82) is 0 Å². The quantitative estimate of drug-likeness (QED) is 0.762. The number of amides is 2. The van der Waals surface area contributed by atoms with E-state index in [-0.39, 0.29) is 12.3 Å². The third-order valence-corrected chi connectivity index (χ3v) is 3.41. The summed E-state index contributed by atoms with van der Waals surface area (Å²) in [6, 6.07) is 2.42. The van der Waals surface area contributed by atoms with Gasteiger partial charge in [-0.3, -0.25) is 4.79 Å². The minimum Gasteiger partial charge on any atom is -0.467 e. The van der Waals surface area contributed by atoms with Gasteiger partial charge >= 0.3 is 12.1 Å². The van der Waals surface area contributed by atoms with Gasteiger partial charge in [0.15, 0.2) is 0 Å². The number of hydrogen-bond donors (Lipinski definition) is 2. The Morgan fingerprint density at radius 3 is 2.30 bits per heavy atom. The first-order valence-electron chi connectivity index (χ1n) is 8.66. The van der Waals surface area contributed by atoms with Crippen LogP contribution in [0.5, 0.6) is 0 Å². The van der Waals surface area contributed by atoms with Gasteiger partial charge in [-0.15, -0.1) is 0 Å². The first-order chi connectivity index (χ1) is 12.3. The number of nitrogens with zero attached hydrogens (tertiary/aromatic N) is 1. The Morgan fingerprint density at radius 2 is 1.78 bits per heavy atom. The summed E-state index contributed by atoms with van der Waals surface area (Å²) in [5, 5.41) is 5.27. The number of carbonyl (C=O) groups is 3. The first kappa shape index (κ1) is 22.4. The number of nitrogens with one attached hydrogen (secondary N) is 2. The van der Waals surface area contributed by atoms with Crippen molar-refractivity contribution in [2.45, 2.75) is 59.6 Å². The molecular formula is C19H29N3O5. The molecule has 0 fully saturated rings. The molecule has 0 saturated carbocycles. The normalized spacial score (nSPS) is 12.7. The fourth-order valence-electron chi connectivity index (χ4n) is 2.02. The van der Waals surface area contributed by atoms with Crippen LogP contribution in [-0.2, 0) is 25.5 Å². The molecule has 0 aromatic carbocycles. The molecule has 1 aromatic heterocycles.